The van der Waals surface area contributed by atoms with Crippen LogP contribution in [0.5, 0.6) is 0 Å². The molecule has 178 valence electrons. The molecule has 1 aliphatic rings. The van der Waals surface area contributed by atoms with Gasteiger partial charge in [-0.25, -0.2) is 0 Å². The van der Waals surface area contributed by atoms with Crippen LogP contribution >= 0.6 is 11.3 Å². The smallest absolute Gasteiger partial charge is 0.332 e. The zero-order chi connectivity index (χ0) is 24.1. The molecule has 0 radical (unpaired) electrons. The monoisotopic (exact) mass is 486 g/mol. The molecule has 1 heterocycles. The number of amides is 2. The Labute approximate surface area is 200 Å². The zero-order valence-corrected chi connectivity index (χ0v) is 19.3. The molecule has 0 N–H and O–H groups in total. The molecule has 4 rings (SSSR count). The predicted molar refractivity (Wildman–Crippen MR) is 125 cm³/mol. The number of alkyl halides is 3. The van der Waals surface area contributed by atoms with E-state index in [1.54, 1.807) is 16.2 Å². The zero-order valence-electron chi connectivity index (χ0n) is 18.5. The lowest BCUT2D eigenvalue weighted by Gasteiger charge is -2.28. The molecule has 0 bridgehead atoms. The van der Waals surface area contributed by atoms with Crippen LogP contribution in [0, 0.1) is 5.92 Å². The molecule has 0 saturated heterocycles. The van der Waals surface area contributed by atoms with Gasteiger partial charge in [0.1, 0.15) is 6.54 Å². The van der Waals surface area contributed by atoms with Crippen LogP contribution in [0.15, 0.2) is 72.1 Å². The van der Waals surface area contributed by atoms with E-state index in [9.17, 15) is 22.8 Å². The van der Waals surface area contributed by atoms with Crippen LogP contribution in [0.25, 0.3) is 0 Å². The summed E-state index contributed by atoms with van der Waals surface area (Å²) in [4.78, 5) is 30.7. The van der Waals surface area contributed by atoms with Gasteiger partial charge in [0, 0.05) is 23.5 Å². The first kappa shape index (κ1) is 24.0. The summed E-state index contributed by atoms with van der Waals surface area (Å²) in [6.07, 6.45) is -2.65. The Balaban J connectivity index is 1.54. The topological polar surface area (TPSA) is 40.6 Å². The van der Waals surface area contributed by atoms with Gasteiger partial charge in [0.2, 0.25) is 5.91 Å². The molecule has 1 aliphatic carbocycles. The summed E-state index contributed by atoms with van der Waals surface area (Å²) >= 11 is 1.54. The van der Waals surface area contributed by atoms with Crippen LogP contribution < -0.4 is 0 Å². The highest BCUT2D eigenvalue weighted by Gasteiger charge is 2.33. The van der Waals surface area contributed by atoms with Gasteiger partial charge in [0.25, 0.3) is 5.91 Å². The van der Waals surface area contributed by atoms with Crippen molar-refractivity contribution in [2.75, 3.05) is 13.1 Å². The van der Waals surface area contributed by atoms with Gasteiger partial charge in [0.05, 0.1) is 12.1 Å². The minimum Gasteiger partial charge on any atom is -0.332 e. The molecular formula is C26H25F3N2O2S. The summed E-state index contributed by atoms with van der Waals surface area (Å²) in [5.74, 6) is -0.511. The van der Waals surface area contributed by atoms with E-state index in [0.717, 1.165) is 35.4 Å². The fourth-order valence-electron chi connectivity index (χ4n) is 3.73. The molecule has 1 fully saturated rings. The molecule has 1 saturated carbocycles. The van der Waals surface area contributed by atoms with E-state index in [4.69, 9.17) is 0 Å². The molecule has 3 aromatic rings. The second-order valence-electron chi connectivity index (χ2n) is 8.52. The average Bonchev–Trinajstić information content (AvgIpc) is 3.49. The fourth-order valence-corrected chi connectivity index (χ4v) is 4.45. The third-order valence-corrected chi connectivity index (χ3v) is 6.58. The van der Waals surface area contributed by atoms with Gasteiger partial charge in [-0.15, -0.1) is 11.3 Å². The van der Waals surface area contributed by atoms with Crippen LogP contribution in [0.2, 0.25) is 0 Å². The third-order valence-electron chi connectivity index (χ3n) is 5.72. The van der Waals surface area contributed by atoms with E-state index >= 15 is 0 Å². The maximum Gasteiger partial charge on any atom is 0.416 e. The first-order valence-electron chi connectivity index (χ1n) is 11.1. The van der Waals surface area contributed by atoms with Crippen molar-refractivity contribution >= 4 is 23.2 Å². The normalized spacial score (nSPS) is 13.5. The highest BCUT2D eigenvalue weighted by Crippen LogP contribution is 2.32. The minimum atomic E-state index is -4.54. The molecule has 2 aromatic carbocycles. The summed E-state index contributed by atoms with van der Waals surface area (Å²) in [6.45, 7) is 0.968. The Kier molecular flexibility index (Phi) is 7.36. The van der Waals surface area contributed by atoms with E-state index in [0.29, 0.717) is 19.6 Å². The fraction of sp³-hybridized carbons (Fsp3) is 0.308. The van der Waals surface area contributed by atoms with Crippen LogP contribution in [-0.4, -0.2) is 34.7 Å². The van der Waals surface area contributed by atoms with Crippen molar-refractivity contribution in [2.45, 2.75) is 32.1 Å². The molecule has 2 amide bonds. The van der Waals surface area contributed by atoms with Crippen molar-refractivity contribution in [1.82, 2.24) is 9.80 Å². The Bertz CT molecular complexity index is 1110. The number of rotatable bonds is 9. The van der Waals surface area contributed by atoms with Gasteiger partial charge in [-0.05, 0) is 54.0 Å². The number of thiophene rings is 1. The van der Waals surface area contributed by atoms with E-state index in [2.05, 4.69) is 0 Å². The van der Waals surface area contributed by atoms with E-state index in [1.807, 2.05) is 47.8 Å². The van der Waals surface area contributed by atoms with Crippen LogP contribution in [0.4, 0.5) is 13.2 Å². The van der Waals surface area contributed by atoms with E-state index in [1.165, 1.54) is 17.0 Å². The Morgan fingerprint density at radius 1 is 0.912 bits per heavy atom. The summed E-state index contributed by atoms with van der Waals surface area (Å²) in [5.41, 5.74) is 0.0287. The largest absolute Gasteiger partial charge is 0.416 e. The molecular weight excluding hydrogens is 461 g/mol. The number of nitrogens with zero attached hydrogens (tertiary/aromatic N) is 2. The number of hydrogen-bond donors (Lipinski definition) is 0. The molecule has 0 unspecified atom stereocenters. The van der Waals surface area contributed by atoms with Gasteiger partial charge < -0.3 is 9.80 Å². The summed E-state index contributed by atoms with van der Waals surface area (Å²) < 4.78 is 39.5. The average molecular weight is 487 g/mol. The van der Waals surface area contributed by atoms with Gasteiger partial charge in [-0.2, -0.15) is 13.2 Å². The number of benzene rings is 2. The highest BCUT2D eigenvalue weighted by atomic mass is 32.1. The number of carbonyl (C=O) groups is 2. The lowest BCUT2D eigenvalue weighted by Crippen LogP contribution is -2.43. The van der Waals surface area contributed by atoms with Crippen molar-refractivity contribution in [2.24, 2.45) is 5.92 Å². The van der Waals surface area contributed by atoms with Crippen molar-refractivity contribution in [3.8, 4) is 0 Å². The molecule has 0 spiro atoms. The lowest BCUT2D eigenvalue weighted by molar-refractivity contribution is -0.137. The third kappa shape index (κ3) is 6.47. The van der Waals surface area contributed by atoms with Crippen LogP contribution in [0.1, 0.15) is 39.2 Å². The quantitative estimate of drug-likeness (QED) is 0.381. The van der Waals surface area contributed by atoms with Crippen molar-refractivity contribution in [3.63, 3.8) is 0 Å². The first-order chi connectivity index (χ1) is 16.3. The van der Waals surface area contributed by atoms with Gasteiger partial charge in [0.15, 0.2) is 0 Å². The van der Waals surface area contributed by atoms with Crippen LogP contribution in [-0.2, 0) is 24.1 Å². The SMILES string of the molecule is O=C(CN(CC1CC1)C(=O)c1cccc(C(F)(F)F)c1)N(Cc1ccccc1)Cc1cccs1. The van der Waals surface area contributed by atoms with Crippen LogP contribution in [0.3, 0.4) is 0 Å². The minimum absolute atomic E-state index is 0.0591. The van der Waals surface area contributed by atoms with Gasteiger partial charge in [-0.3, -0.25) is 9.59 Å². The summed E-state index contributed by atoms with van der Waals surface area (Å²) in [5, 5.41) is 1.94. The van der Waals surface area contributed by atoms with Gasteiger partial charge >= 0.3 is 6.18 Å². The standard InChI is InChI=1S/C26H25F3N2O2S/c27-26(28,29)22-9-4-8-21(14-22)25(33)31(16-20-11-12-20)18-24(32)30(17-23-10-5-13-34-23)15-19-6-2-1-3-7-19/h1-10,13-14,20H,11-12,15-18H2. The number of carbonyl (C=O) groups excluding carboxylic acids is 2. The first-order valence-corrected chi connectivity index (χ1v) is 12.0. The van der Waals surface area contributed by atoms with Crippen molar-refractivity contribution in [1.29, 1.82) is 0 Å². The Morgan fingerprint density at radius 3 is 2.32 bits per heavy atom. The maximum absolute atomic E-state index is 13.4. The van der Waals surface area contributed by atoms with E-state index < -0.39 is 17.6 Å². The molecule has 4 nitrogen and oxygen atoms in total. The highest BCUT2D eigenvalue weighted by molar-refractivity contribution is 7.09. The van der Waals surface area contributed by atoms with Crippen molar-refractivity contribution < 1.29 is 22.8 Å². The lowest BCUT2D eigenvalue weighted by atomic mass is 10.1. The summed E-state index contributed by atoms with van der Waals surface area (Å²) in [6, 6.07) is 17.8. The van der Waals surface area contributed by atoms with Gasteiger partial charge in [-0.1, -0.05) is 42.5 Å². The molecule has 0 atom stereocenters. The second kappa shape index (κ2) is 10.4. The second-order valence-corrected chi connectivity index (χ2v) is 9.55. The Morgan fingerprint density at radius 2 is 1.68 bits per heavy atom. The maximum atomic E-state index is 13.4. The van der Waals surface area contributed by atoms with E-state index in [-0.39, 0.29) is 23.9 Å². The Hall–Kier alpha value is -3.13. The number of hydrogen-bond acceptors (Lipinski definition) is 3. The summed E-state index contributed by atoms with van der Waals surface area (Å²) in [7, 11) is 0. The molecule has 1 aromatic heterocycles. The number of halogens is 3. The molecule has 8 heteroatoms. The molecule has 0 aliphatic heterocycles. The predicted octanol–water partition coefficient (Wildman–Crippen LogP) is 5.85. The molecule has 34 heavy (non-hydrogen) atoms. The van der Waals surface area contributed by atoms with Crippen molar-refractivity contribution in [3.05, 3.63) is 93.7 Å².